The first-order valence-corrected chi connectivity index (χ1v) is 8.28. The van der Waals surface area contributed by atoms with Gasteiger partial charge in [-0.05, 0) is 40.5 Å². The van der Waals surface area contributed by atoms with Gasteiger partial charge in [0, 0.05) is 31.0 Å². The Morgan fingerprint density at radius 1 is 1.20 bits per heavy atom. The summed E-state index contributed by atoms with van der Waals surface area (Å²) in [5, 5.41) is 3.30. The second-order valence-electron chi connectivity index (χ2n) is 7.44. The molecule has 1 aromatic rings. The predicted octanol–water partition coefficient (Wildman–Crippen LogP) is 2.46. The van der Waals surface area contributed by atoms with Crippen molar-refractivity contribution < 1.29 is 19.1 Å². The molecule has 1 N–H and O–H groups in total. The molecular weight excluding hydrogens is 324 g/mol. The lowest BCUT2D eigenvalue weighted by molar-refractivity contribution is 0.0184. The standard InChI is InChI=1S/C17H26N4O4/c1-16(2,3)25-15(23)21-8-6-17(4,7-9-21)20-14-18-10-12(11-19-14)13(22)24-5/h10-11H,6-9H2,1-5H3,(H,18,19,20). The van der Waals surface area contributed by atoms with Crippen molar-refractivity contribution in [2.24, 2.45) is 0 Å². The lowest BCUT2D eigenvalue weighted by Gasteiger charge is -2.40. The fourth-order valence-corrected chi connectivity index (χ4v) is 2.52. The highest BCUT2D eigenvalue weighted by Gasteiger charge is 2.34. The Bertz CT molecular complexity index is 617. The minimum Gasteiger partial charge on any atom is -0.465 e. The Balaban J connectivity index is 1.92. The minimum absolute atomic E-state index is 0.231. The predicted molar refractivity (Wildman–Crippen MR) is 92.4 cm³/mol. The van der Waals surface area contributed by atoms with E-state index in [2.05, 4.69) is 26.9 Å². The lowest BCUT2D eigenvalue weighted by Crippen LogP contribution is -2.50. The van der Waals surface area contributed by atoms with E-state index in [4.69, 9.17) is 4.74 Å². The van der Waals surface area contributed by atoms with Crippen LogP contribution in [0.15, 0.2) is 12.4 Å². The van der Waals surface area contributed by atoms with Crippen molar-refractivity contribution in [2.45, 2.75) is 51.7 Å². The van der Waals surface area contributed by atoms with Crippen LogP contribution < -0.4 is 5.32 Å². The summed E-state index contributed by atoms with van der Waals surface area (Å²) in [6.07, 6.45) is 4.07. The van der Waals surface area contributed by atoms with Gasteiger partial charge in [-0.1, -0.05) is 0 Å². The van der Waals surface area contributed by atoms with Gasteiger partial charge in [0.15, 0.2) is 0 Å². The van der Waals surface area contributed by atoms with Gasteiger partial charge in [-0.3, -0.25) is 0 Å². The number of anilines is 1. The van der Waals surface area contributed by atoms with E-state index < -0.39 is 11.6 Å². The first-order chi connectivity index (χ1) is 11.6. The number of esters is 1. The number of hydrogen-bond donors (Lipinski definition) is 1. The number of likely N-dealkylation sites (tertiary alicyclic amines) is 1. The van der Waals surface area contributed by atoms with Crippen LogP contribution in [-0.2, 0) is 9.47 Å². The van der Waals surface area contributed by atoms with Gasteiger partial charge in [-0.15, -0.1) is 0 Å². The number of nitrogens with zero attached hydrogens (tertiary/aromatic N) is 3. The average Bonchev–Trinajstić information content (AvgIpc) is 2.53. The quantitative estimate of drug-likeness (QED) is 0.837. The largest absolute Gasteiger partial charge is 0.465 e. The maximum absolute atomic E-state index is 12.1. The first-order valence-electron chi connectivity index (χ1n) is 8.28. The van der Waals surface area contributed by atoms with Crippen molar-refractivity contribution in [1.82, 2.24) is 14.9 Å². The Morgan fingerprint density at radius 3 is 2.24 bits per heavy atom. The number of carbonyl (C=O) groups excluding carboxylic acids is 2. The van der Waals surface area contributed by atoms with Crippen LogP contribution in [0.4, 0.5) is 10.7 Å². The van der Waals surface area contributed by atoms with Crippen LogP contribution in [-0.4, -0.2) is 58.3 Å². The van der Waals surface area contributed by atoms with Crippen LogP contribution in [0.1, 0.15) is 50.9 Å². The molecule has 0 aromatic carbocycles. The Morgan fingerprint density at radius 2 is 1.76 bits per heavy atom. The fourth-order valence-electron chi connectivity index (χ4n) is 2.52. The van der Waals surface area contributed by atoms with E-state index >= 15 is 0 Å². The smallest absolute Gasteiger partial charge is 0.410 e. The van der Waals surface area contributed by atoms with Gasteiger partial charge in [0.1, 0.15) is 5.60 Å². The number of carbonyl (C=O) groups is 2. The summed E-state index contributed by atoms with van der Waals surface area (Å²) in [7, 11) is 1.31. The molecule has 0 saturated carbocycles. The molecule has 1 amide bonds. The molecule has 0 aliphatic carbocycles. The van der Waals surface area contributed by atoms with E-state index in [1.807, 2.05) is 20.8 Å². The van der Waals surface area contributed by atoms with Gasteiger partial charge >= 0.3 is 12.1 Å². The lowest BCUT2D eigenvalue weighted by atomic mass is 9.90. The maximum atomic E-state index is 12.1. The van der Waals surface area contributed by atoms with E-state index in [-0.39, 0.29) is 11.6 Å². The Labute approximate surface area is 147 Å². The normalized spacial score (nSPS) is 16.9. The number of ether oxygens (including phenoxy) is 2. The molecule has 0 radical (unpaired) electrons. The van der Waals surface area contributed by atoms with Crippen LogP contribution in [0.25, 0.3) is 0 Å². The molecule has 138 valence electrons. The number of nitrogens with one attached hydrogen (secondary N) is 1. The summed E-state index contributed by atoms with van der Waals surface area (Å²) in [5.74, 6) is -0.0238. The number of methoxy groups -OCH3 is 1. The van der Waals surface area contributed by atoms with Crippen molar-refractivity contribution in [1.29, 1.82) is 0 Å². The number of hydrogen-bond acceptors (Lipinski definition) is 7. The molecule has 0 atom stereocenters. The van der Waals surface area contributed by atoms with Gasteiger partial charge < -0.3 is 19.7 Å². The number of rotatable bonds is 3. The van der Waals surface area contributed by atoms with Gasteiger partial charge in [0.25, 0.3) is 0 Å². The molecule has 2 rings (SSSR count). The van der Waals surface area contributed by atoms with E-state index in [1.165, 1.54) is 19.5 Å². The fraction of sp³-hybridized carbons (Fsp3) is 0.647. The van der Waals surface area contributed by atoms with E-state index in [1.54, 1.807) is 4.90 Å². The minimum atomic E-state index is -0.495. The third-order valence-electron chi connectivity index (χ3n) is 4.01. The summed E-state index contributed by atoms with van der Waals surface area (Å²) in [6.45, 7) is 8.83. The molecule has 0 unspecified atom stereocenters. The summed E-state index contributed by atoms with van der Waals surface area (Å²) >= 11 is 0. The third-order valence-corrected chi connectivity index (χ3v) is 4.01. The second kappa shape index (κ2) is 7.25. The highest BCUT2D eigenvalue weighted by molar-refractivity contribution is 5.88. The van der Waals surface area contributed by atoms with Crippen LogP contribution in [0, 0.1) is 0 Å². The second-order valence-corrected chi connectivity index (χ2v) is 7.44. The summed E-state index contributed by atoms with van der Waals surface area (Å²) < 4.78 is 10.0. The molecule has 1 aromatic heterocycles. The SMILES string of the molecule is COC(=O)c1cnc(NC2(C)CCN(C(=O)OC(C)(C)C)CC2)nc1. The molecule has 1 saturated heterocycles. The molecular formula is C17H26N4O4. The van der Waals surface area contributed by atoms with Crippen LogP contribution >= 0.6 is 0 Å². The van der Waals surface area contributed by atoms with Crippen molar-refractivity contribution in [3.8, 4) is 0 Å². The van der Waals surface area contributed by atoms with Crippen molar-refractivity contribution in [3.63, 3.8) is 0 Å². The number of piperidine rings is 1. The number of aromatic nitrogens is 2. The molecule has 1 aliphatic rings. The Hall–Kier alpha value is -2.38. The molecule has 8 nitrogen and oxygen atoms in total. The molecule has 8 heteroatoms. The zero-order chi connectivity index (χ0) is 18.7. The van der Waals surface area contributed by atoms with E-state index in [0.29, 0.717) is 24.6 Å². The highest BCUT2D eigenvalue weighted by atomic mass is 16.6. The zero-order valence-corrected chi connectivity index (χ0v) is 15.5. The summed E-state index contributed by atoms with van der Waals surface area (Å²) in [5.41, 5.74) is -0.422. The van der Waals surface area contributed by atoms with Crippen molar-refractivity contribution >= 4 is 18.0 Å². The zero-order valence-electron chi connectivity index (χ0n) is 15.5. The van der Waals surface area contributed by atoms with E-state index in [0.717, 1.165) is 12.8 Å². The molecule has 1 aliphatic heterocycles. The van der Waals surface area contributed by atoms with Gasteiger partial charge in [0.05, 0.1) is 12.7 Å². The molecule has 25 heavy (non-hydrogen) atoms. The highest BCUT2D eigenvalue weighted by Crippen LogP contribution is 2.26. The van der Waals surface area contributed by atoms with Gasteiger partial charge in [-0.25, -0.2) is 19.6 Å². The summed E-state index contributed by atoms with van der Waals surface area (Å²) in [4.78, 5) is 33.6. The van der Waals surface area contributed by atoms with Crippen LogP contribution in [0.5, 0.6) is 0 Å². The molecule has 1 fully saturated rings. The molecule has 2 heterocycles. The first kappa shape index (κ1) is 19.0. The summed E-state index contributed by atoms with van der Waals surface area (Å²) in [6, 6.07) is 0. The average molecular weight is 350 g/mol. The molecule has 0 bridgehead atoms. The van der Waals surface area contributed by atoms with Crippen molar-refractivity contribution in [3.05, 3.63) is 18.0 Å². The molecule has 0 spiro atoms. The number of amides is 1. The van der Waals surface area contributed by atoms with Crippen LogP contribution in [0.2, 0.25) is 0 Å². The third kappa shape index (κ3) is 5.30. The maximum Gasteiger partial charge on any atom is 0.410 e. The Kier molecular flexibility index (Phi) is 5.49. The topological polar surface area (TPSA) is 93.7 Å². The van der Waals surface area contributed by atoms with Crippen molar-refractivity contribution in [2.75, 3.05) is 25.5 Å². The monoisotopic (exact) mass is 350 g/mol. The van der Waals surface area contributed by atoms with Crippen LogP contribution in [0.3, 0.4) is 0 Å². The van der Waals surface area contributed by atoms with E-state index in [9.17, 15) is 9.59 Å². The van der Waals surface area contributed by atoms with Gasteiger partial charge in [0.2, 0.25) is 5.95 Å². The van der Waals surface area contributed by atoms with Gasteiger partial charge in [-0.2, -0.15) is 0 Å².